The first-order valence-electron chi connectivity index (χ1n) is 5.18. The van der Waals surface area contributed by atoms with E-state index in [1.165, 1.54) is 12.1 Å². The molecule has 0 saturated heterocycles. The molecule has 0 aliphatic rings. The molecule has 1 aromatic carbocycles. The van der Waals surface area contributed by atoms with Crippen LogP contribution in [0.1, 0.15) is 36.8 Å². The number of aryl methyl sites for hydroxylation is 1. The summed E-state index contributed by atoms with van der Waals surface area (Å²) in [5.74, 6) is -0.818. The molecule has 0 spiro atoms. The lowest BCUT2D eigenvalue weighted by Gasteiger charge is -2.04. The van der Waals surface area contributed by atoms with Gasteiger partial charge >= 0.3 is 5.97 Å². The number of alkyl halides is 2. The molecule has 16 heavy (non-hydrogen) atoms. The van der Waals surface area contributed by atoms with Gasteiger partial charge in [0, 0.05) is 12.0 Å². The molecule has 0 bridgehead atoms. The molecular formula is C12H14F2O2. The summed E-state index contributed by atoms with van der Waals surface area (Å²) in [6.45, 7) is 0. The van der Waals surface area contributed by atoms with Gasteiger partial charge in [-0.1, -0.05) is 24.3 Å². The van der Waals surface area contributed by atoms with Crippen molar-refractivity contribution in [3.05, 3.63) is 35.4 Å². The van der Waals surface area contributed by atoms with Gasteiger partial charge in [0.25, 0.3) is 6.43 Å². The van der Waals surface area contributed by atoms with Crippen molar-refractivity contribution in [3.8, 4) is 0 Å². The minimum atomic E-state index is -2.45. The molecule has 1 rings (SSSR count). The SMILES string of the molecule is O=C(O)CCCCc1cccc(C(F)F)c1. The predicted octanol–water partition coefficient (Wildman–Crippen LogP) is 3.42. The van der Waals surface area contributed by atoms with E-state index in [1.807, 2.05) is 0 Å². The van der Waals surface area contributed by atoms with Gasteiger partial charge < -0.3 is 5.11 Å². The Hall–Kier alpha value is -1.45. The fourth-order valence-corrected chi connectivity index (χ4v) is 1.49. The lowest BCUT2D eigenvalue weighted by Crippen LogP contribution is -1.95. The molecule has 0 radical (unpaired) electrons. The van der Waals surface area contributed by atoms with Gasteiger partial charge in [0.05, 0.1) is 0 Å². The smallest absolute Gasteiger partial charge is 0.303 e. The summed E-state index contributed by atoms with van der Waals surface area (Å²) in [5.41, 5.74) is 0.860. The average molecular weight is 228 g/mol. The summed E-state index contributed by atoms with van der Waals surface area (Å²) in [4.78, 5) is 10.3. The molecule has 0 heterocycles. The summed E-state index contributed by atoms with van der Waals surface area (Å²) in [7, 11) is 0. The zero-order valence-corrected chi connectivity index (χ0v) is 8.83. The zero-order chi connectivity index (χ0) is 12.0. The van der Waals surface area contributed by atoms with Gasteiger partial charge in [-0.25, -0.2) is 8.78 Å². The van der Waals surface area contributed by atoms with Crippen molar-refractivity contribution in [2.75, 3.05) is 0 Å². The normalized spacial score (nSPS) is 10.7. The van der Waals surface area contributed by atoms with Crippen LogP contribution in [-0.4, -0.2) is 11.1 Å². The van der Waals surface area contributed by atoms with Crippen LogP contribution in [0, 0.1) is 0 Å². The van der Waals surface area contributed by atoms with E-state index >= 15 is 0 Å². The van der Waals surface area contributed by atoms with Gasteiger partial charge in [0.2, 0.25) is 0 Å². The Balaban J connectivity index is 2.42. The van der Waals surface area contributed by atoms with Crippen molar-refractivity contribution in [3.63, 3.8) is 0 Å². The number of unbranched alkanes of at least 4 members (excludes halogenated alkanes) is 1. The Bertz CT molecular complexity index is 351. The predicted molar refractivity (Wildman–Crippen MR) is 56.6 cm³/mol. The second kappa shape index (κ2) is 6.20. The second-order valence-electron chi connectivity index (χ2n) is 3.65. The largest absolute Gasteiger partial charge is 0.481 e. The monoisotopic (exact) mass is 228 g/mol. The molecule has 88 valence electrons. The van der Waals surface area contributed by atoms with Crippen LogP contribution < -0.4 is 0 Å². The summed E-state index contributed by atoms with van der Waals surface area (Å²) in [5, 5.41) is 8.43. The van der Waals surface area contributed by atoms with Crippen molar-refractivity contribution in [2.45, 2.75) is 32.1 Å². The summed E-state index contributed by atoms with van der Waals surface area (Å²) < 4.78 is 24.7. The first-order chi connectivity index (χ1) is 7.59. The van der Waals surface area contributed by atoms with Crippen LogP contribution in [0.15, 0.2) is 24.3 Å². The Morgan fingerprint density at radius 3 is 2.69 bits per heavy atom. The van der Waals surface area contributed by atoms with Gasteiger partial charge in [0.15, 0.2) is 0 Å². The number of hydrogen-bond acceptors (Lipinski definition) is 1. The highest BCUT2D eigenvalue weighted by atomic mass is 19.3. The van der Waals surface area contributed by atoms with Crippen LogP contribution in [0.5, 0.6) is 0 Å². The average Bonchev–Trinajstić information content (AvgIpc) is 2.24. The van der Waals surface area contributed by atoms with E-state index in [0.717, 1.165) is 5.56 Å². The van der Waals surface area contributed by atoms with Gasteiger partial charge in [-0.15, -0.1) is 0 Å². The third-order valence-corrected chi connectivity index (χ3v) is 2.31. The van der Waals surface area contributed by atoms with Crippen LogP contribution in [0.2, 0.25) is 0 Å². The molecule has 1 N–H and O–H groups in total. The lowest BCUT2D eigenvalue weighted by molar-refractivity contribution is -0.137. The maximum Gasteiger partial charge on any atom is 0.303 e. The number of halogens is 2. The molecule has 0 fully saturated rings. The molecule has 1 aromatic rings. The van der Waals surface area contributed by atoms with Crippen LogP contribution >= 0.6 is 0 Å². The van der Waals surface area contributed by atoms with Crippen LogP contribution in [0.4, 0.5) is 8.78 Å². The molecule has 0 aliphatic carbocycles. The first kappa shape index (κ1) is 12.6. The van der Waals surface area contributed by atoms with E-state index in [4.69, 9.17) is 5.11 Å². The number of carboxylic acids is 1. The third kappa shape index (κ3) is 4.38. The van der Waals surface area contributed by atoms with Crippen molar-refractivity contribution >= 4 is 5.97 Å². The maximum atomic E-state index is 12.4. The molecule has 0 saturated carbocycles. The molecule has 2 nitrogen and oxygen atoms in total. The van der Waals surface area contributed by atoms with E-state index in [1.54, 1.807) is 12.1 Å². The number of hydrogen-bond donors (Lipinski definition) is 1. The van der Waals surface area contributed by atoms with Gasteiger partial charge in [-0.05, 0) is 24.8 Å². The molecule has 0 aromatic heterocycles. The first-order valence-corrected chi connectivity index (χ1v) is 5.18. The fourth-order valence-electron chi connectivity index (χ4n) is 1.49. The number of carboxylic acid groups (broad SMARTS) is 1. The Morgan fingerprint density at radius 2 is 2.06 bits per heavy atom. The van der Waals surface area contributed by atoms with Crippen molar-refractivity contribution in [1.29, 1.82) is 0 Å². The minimum absolute atomic E-state index is 0.0238. The van der Waals surface area contributed by atoms with E-state index in [2.05, 4.69) is 0 Å². The van der Waals surface area contributed by atoms with Crippen molar-refractivity contribution in [1.82, 2.24) is 0 Å². The van der Waals surface area contributed by atoms with Gasteiger partial charge in [-0.2, -0.15) is 0 Å². The van der Waals surface area contributed by atoms with Crippen LogP contribution in [0.25, 0.3) is 0 Å². The number of carbonyl (C=O) groups is 1. The quantitative estimate of drug-likeness (QED) is 0.757. The third-order valence-electron chi connectivity index (χ3n) is 2.31. The molecule has 4 heteroatoms. The zero-order valence-electron chi connectivity index (χ0n) is 8.83. The summed E-state index contributed by atoms with van der Waals surface area (Å²) in [6, 6.07) is 6.26. The minimum Gasteiger partial charge on any atom is -0.481 e. The molecule has 0 aliphatic heterocycles. The molecular weight excluding hydrogens is 214 g/mol. The van der Waals surface area contributed by atoms with Gasteiger partial charge in [-0.3, -0.25) is 4.79 Å². The van der Waals surface area contributed by atoms with Crippen LogP contribution in [-0.2, 0) is 11.2 Å². The molecule has 0 atom stereocenters. The molecule has 0 amide bonds. The second-order valence-corrected chi connectivity index (χ2v) is 3.65. The number of aliphatic carboxylic acids is 1. The highest BCUT2D eigenvalue weighted by Crippen LogP contribution is 2.20. The number of benzene rings is 1. The highest BCUT2D eigenvalue weighted by molar-refractivity contribution is 5.66. The van der Waals surface area contributed by atoms with Crippen molar-refractivity contribution < 1.29 is 18.7 Å². The van der Waals surface area contributed by atoms with Gasteiger partial charge in [0.1, 0.15) is 0 Å². The fraction of sp³-hybridized carbons (Fsp3) is 0.417. The van der Waals surface area contributed by atoms with Crippen LogP contribution in [0.3, 0.4) is 0 Å². The van der Waals surface area contributed by atoms with E-state index in [9.17, 15) is 13.6 Å². The standard InChI is InChI=1S/C12H14F2O2/c13-12(14)10-6-3-5-9(8-10)4-1-2-7-11(15)16/h3,5-6,8,12H,1-2,4,7H2,(H,15,16). The maximum absolute atomic E-state index is 12.4. The lowest BCUT2D eigenvalue weighted by atomic mass is 10.0. The number of rotatable bonds is 6. The summed E-state index contributed by atoms with van der Waals surface area (Å²) >= 11 is 0. The Kier molecular flexibility index (Phi) is 4.89. The van der Waals surface area contributed by atoms with E-state index < -0.39 is 12.4 Å². The Labute approximate surface area is 92.9 Å². The van der Waals surface area contributed by atoms with Crippen molar-refractivity contribution in [2.24, 2.45) is 0 Å². The topological polar surface area (TPSA) is 37.3 Å². The highest BCUT2D eigenvalue weighted by Gasteiger charge is 2.06. The Morgan fingerprint density at radius 1 is 1.31 bits per heavy atom. The molecule has 0 unspecified atom stereocenters. The van der Waals surface area contributed by atoms with E-state index in [0.29, 0.717) is 19.3 Å². The summed E-state index contributed by atoms with van der Waals surface area (Å²) in [6.07, 6.45) is -0.380. The van der Waals surface area contributed by atoms with E-state index in [-0.39, 0.29) is 12.0 Å².